The Balaban J connectivity index is 1.73. The zero-order chi connectivity index (χ0) is 16.6. The first kappa shape index (κ1) is 15.6. The lowest BCUT2D eigenvalue weighted by Gasteiger charge is -2.27. The summed E-state index contributed by atoms with van der Waals surface area (Å²) in [5.41, 5.74) is 5.25. The Kier molecular flexibility index (Phi) is 3.86. The standard InChI is InChI=1S/C13H15N3O6S/c14-12(17)11-7-6-9-8-15(11)13(18)16(9)22-23(19,20)21-10-4-2-1-3-5-10/h1-5,9,11H,6-8H2,(H2,14,17)/t9-,11+/m1/s1. The van der Waals surface area contributed by atoms with Gasteiger partial charge in [0, 0.05) is 6.54 Å². The molecule has 0 aromatic heterocycles. The molecular weight excluding hydrogens is 326 g/mol. The van der Waals surface area contributed by atoms with Crippen molar-refractivity contribution in [1.82, 2.24) is 9.96 Å². The summed E-state index contributed by atoms with van der Waals surface area (Å²) in [6.07, 6.45) is 0.780. The first-order valence-corrected chi connectivity index (χ1v) is 8.29. The number of urea groups is 1. The fraction of sp³-hybridized carbons (Fsp3) is 0.385. The summed E-state index contributed by atoms with van der Waals surface area (Å²) in [4.78, 5) is 24.8. The number of hydrogen-bond acceptors (Lipinski definition) is 6. The van der Waals surface area contributed by atoms with E-state index in [0.717, 1.165) is 5.06 Å². The van der Waals surface area contributed by atoms with Gasteiger partial charge in [-0.05, 0) is 25.0 Å². The van der Waals surface area contributed by atoms with Crippen LogP contribution in [0.4, 0.5) is 4.79 Å². The molecule has 2 fully saturated rings. The third-order valence-corrected chi connectivity index (χ3v) is 4.50. The van der Waals surface area contributed by atoms with Crippen LogP contribution in [0.5, 0.6) is 5.75 Å². The number of para-hydroxylation sites is 1. The largest absolute Gasteiger partial charge is 0.470 e. The highest BCUT2D eigenvalue weighted by molar-refractivity contribution is 7.82. The number of hydrogen-bond donors (Lipinski definition) is 1. The predicted molar refractivity (Wildman–Crippen MR) is 77.0 cm³/mol. The van der Waals surface area contributed by atoms with Crippen molar-refractivity contribution in [3.8, 4) is 5.75 Å². The molecule has 23 heavy (non-hydrogen) atoms. The Hall–Kier alpha value is -2.33. The average molecular weight is 341 g/mol. The van der Waals surface area contributed by atoms with Gasteiger partial charge in [0.1, 0.15) is 11.8 Å². The quantitative estimate of drug-likeness (QED) is 0.805. The second kappa shape index (κ2) is 5.70. The van der Waals surface area contributed by atoms with E-state index in [2.05, 4.69) is 0 Å². The Labute approximate surface area is 132 Å². The van der Waals surface area contributed by atoms with Crippen LogP contribution in [0.25, 0.3) is 0 Å². The number of nitrogens with zero attached hydrogens (tertiary/aromatic N) is 2. The van der Waals surface area contributed by atoms with Crippen molar-refractivity contribution in [2.45, 2.75) is 24.9 Å². The zero-order valence-corrected chi connectivity index (χ0v) is 12.8. The van der Waals surface area contributed by atoms with Crippen LogP contribution in [-0.4, -0.2) is 48.9 Å². The lowest BCUT2D eigenvalue weighted by Crippen LogP contribution is -2.47. The van der Waals surface area contributed by atoms with Gasteiger partial charge in [-0.1, -0.05) is 18.2 Å². The first-order valence-electron chi connectivity index (χ1n) is 6.95. The SMILES string of the molecule is NC(=O)[C@@H]1CC[C@@H]2CN1C(=O)N2OS(=O)(=O)Oc1ccccc1. The van der Waals surface area contributed by atoms with Crippen molar-refractivity contribution in [2.24, 2.45) is 5.73 Å². The molecule has 3 rings (SSSR count). The second-order valence-corrected chi connectivity index (χ2v) is 6.42. The third kappa shape index (κ3) is 3.08. The van der Waals surface area contributed by atoms with Gasteiger partial charge >= 0.3 is 16.4 Å². The summed E-state index contributed by atoms with van der Waals surface area (Å²) < 4.78 is 33.5. The van der Waals surface area contributed by atoms with Gasteiger partial charge in [-0.25, -0.2) is 4.79 Å². The van der Waals surface area contributed by atoms with E-state index in [4.69, 9.17) is 14.2 Å². The molecule has 2 bridgehead atoms. The van der Waals surface area contributed by atoms with Crippen molar-refractivity contribution < 1.29 is 26.5 Å². The summed E-state index contributed by atoms with van der Waals surface area (Å²) in [7, 11) is -4.47. The van der Waals surface area contributed by atoms with Crippen LogP contribution in [0.1, 0.15) is 12.8 Å². The molecule has 0 unspecified atom stereocenters. The minimum atomic E-state index is -4.47. The zero-order valence-electron chi connectivity index (χ0n) is 12.0. The molecule has 2 aliphatic rings. The van der Waals surface area contributed by atoms with Gasteiger partial charge in [0.25, 0.3) is 0 Å². The Bertz CT molecular complexity index is 722. The van der Waals surface area contributed by atoms with Gasteiger partial charge in [-0.2, -0.15) is 13.5 Å². The smallest absolute Gasteiger partial charge is 0.368 e. The summed E-state index contributed by atoms with van der Waals surface area (Å²) in [6.45, 7) is 0.188. The van der Waals surface area contributed by atoms with Crippen molar-refractivity contribution in [3.63, 3.8) is 0 Å². The molecule has 0 radical (unpaired) electrons. The number of hydroxylamine groups is 2. The Morgan fingerprint density at radius 2 is 1.91 bits per heavy atom. The number of amides is 3. The molecule has 2 atom stereocenters. The maximum Gasteiger partial charge on any atom is 0.470 e. The molecule has 1 aromatic carbocycles. The molecule has 2 aliphatic heterocycles. The van der Waals surface area contributed by atoms with E-state index >= 15 is 0 Å². The lowest BCUT2D eigenvalue weighted by molar-refractivity contribution is -0.122. The van der Waals surface area contributed by atoms with Gasteiger partial charge in [0.2, 0.25) is 5.91 Å². The van der Waals surface area contributed by atoms with E-state index < -0.39 is 34.4 Å². The molecule has 10 heteroatoms. The molecular formula is C13H15N3O6S. The minimum absolute atomic E-state index is 0.0671. The molecule has 1 aromatic rings. The molecule has 3 amide bonds. The number of primary amides is 1. The number of fused-ring (bicyclic) bond motifs is 2. The second-order valence-electron chi connectivity index (χ2n) is 5.29. The highest BCUT2D eigenvalue weighted by Crippen LogP contribution is 2.30. The molecule has 124 valence electrons. The third-order valence-electron chi connectivity index (χ3n) is 3.76. The van der Waals surface area contributed by atoms with Crippen LogP contribution >= 0.6 is 0 Å². The van der Waals surface area contributed by atoms with Crippen molar-refractivity contribution in [3.05, 3.63) is 30.3 Å². The van der Waals surface area contributed by atoms with E-state index in [1.807, 2.05) is 0 Å². The van der Waals surface area contributed by atoms with E-state index in [9.17, 15) is 18.0 Å². The van der Waals surface area contributed by atoms with Crippen LogP contribution in [0.2, 0.25) is 0 Å². The maximum atomic E-state index is 12.2. The number of carbonyl (C=O) groups is 2. The monoisotopic (exact) mass is 341 g/mol. The molecule has 0 saturated carbocycles. The van der Waals surface area contributed by atoms with Crippen molar-refractivity contribution in [2.75, 3.05) is 6.54 Å². The summed E-state index contributed by atoms with van der Waals surface area (Å²) >= 11 is 0. The summed E-state index contributed by atoms with van der Waals surface area (Å²) in [5.74, 6) is -0.556. The first-order chi connectivity index (χ1) is 10.9. The number of carbonyl (C=O) groups excluding carboxylic acids is 2. The van der Waals surface area contributed by atoms with Crippen LogP contribution in [0.15, 0.2) is 30.3 Å². The highest BCUT2D eigenvalue weighted by atomic mass is 32.3. The fourth-order valence-electron chi connectivity index (χ4n) is 2.73. The Morgan fingerprint density at radius 3 is 2.57 bits per heavy atom. The number of nitrogens with two attached hydrogens (primary N) is 1. The normalized spacial score (nSPS) is 23.9. The van der Waals surface area contributed by atoms with Crippen LogP contribution in [0, 0.1) is 0 Å². The molecule has 2 N–H and O–H groups in total. The van der Waals surface area contributed by atoms with Crippen molar-refractivity contribution in [1.29, 1.82) is 0 Å². The van der Waals surface area contributed by atoms with Gasteiger partial charge in [0.15, 0.2) is 0 Å². The molecule has 0 spiro atoms. The molecule has 2 saturated heterocycles. The van der Waals surface area contributed by atoms with Gasteiger partial charge in [-0.15, -0.1) is 4.28 Å². The summed E-state index contributed by atoms with van der Waals surface area (Å²) in [5, 5.41) is 0.737. The van der Waals surface area contributed by atoms with Crippen LogP contribution in [0.3, 0.4) is 0 Å². The average Bonchev–Trinajstić information content (AvgIpc) is 2.72. The maximum absolute atomic E-state index is 12.2. The van der Waals surface area contributed by atoms with Gasteiger partial charge in [-0.3, -0.25) is 4.79 Å². The van der Waals surface area contributed by atoms with E-state index in [-0.39, 0.29) is 12.3 Å². The van der Waals surface area contributed by atoms with Gasteiger partial charge in [0.05, 0.1) is 6.04 Å². The molecule has 0 aliphatic carbocycles. The minimum Gasteiger partial charge on any atom is -0.368 e. The number of rotatable bonds is 5. The van der Waals surface area contributed by atoms with E-state index in [1.54, 1.807) is 18.2 Å². The van der Waals surface area contributed by atoms with Gasteiger partial charge < -0.3 is 14.8 Å². The lowest BCUT2D eigenvalue weighted by atomic mass is 10.0. The predicted octanol–water partition coefficient (Wildman–Crippen LogP) is -0.00430. The highest BCUT2D eigenvalue weighted by Gasteiger charge is 2.49. The van der Waals surface area contributed by atoms with E-state index in [1.165, 1.54) is 17.0 Å². The summed E-state index contributed by atoms with van der Waals surface area (Å²) in [6, 6.07) is 5.86. The van der Waals surface area contributed by atoms with Crippen LogP contribution in [-0.2, 0) is 19.5 Å². The molecule has 2 heterocycles. The Morgan fingerprint density at radius 1 is 1.22 bits per heavy atom. The van der Waals surface area contributed by atoms with E-state index in [0.29, 0.717) is 12.8 Å². The fourth-order valence-corrected chi connectivity index (χ4v) is 3.49. The topological polar surface area (TPSA) is 119 Å². The van der Waals surface area contributed by atoms with Crippen molar-refractivity contribution >= 4 is 22.3 Å². The number of piperidine rings is 1. The number of benzene rings is 1. The molecule has 9 nitrogen and oxygen atoms in total. The van der Waals surface area contributed by atoms with Crippen LogP contribution < -0.4 is 9.92 Å².